The summed E-state index contributed by atoms with van der Waals surface area (Å²) in [5.41, 5.74) is -0.804. The summed E-state index contributed by atoms with van der Waals surface area (Å²) < 4.78 is 4.75. The van der Waals surface area contributed by atoms with Gasteiger partial charge >= 0.3 is 5.97 Å². The maximum atomic E-state index is 12.5. The van der Waals surface area contributed by atoms with Gasteiger partial charge in [0.25, 0.3) is 0 Å². The van der Waals surface area contributed by atoms with Gasteiger partial charge in [-0.05, 0) is 33.1 Å². The molecule has 0 saturated carbocycles. The molecule has 0 aromatic rings. The second-order valence-corrected chi connectivity index (χ2v) is 6.17. The largest absolute Gasteiger partial charge is 0.469 e. The molecule has 2 saturated heterocycles. The number of amides is 2. The fourth-order valence-electron chi connectivity index (χ4n) is 2.98. The highest BCUT2D eigenvalue weighted by atomic mass is 16.5. The van der Waals surface area contributed by atoms with Gasteiger partial charge in [-0.3, -0.25) is 14.4 Å². The molecule has 1 atom stereocenters. The monoisotopic (exact) mass is 282 g/mol. The summed E-state index contributed by atoms with van der Waals surface area (Å²) in [6.07, 6.45) is 2.65. The number of methoxy groups -OCH3 is 1. The lowest BCUT2D eigenvalue weighted by atomic mass is 9.91. The van der Waals surface area contributed by atoms with Crippen LogP contribution in [0.1, 0.15) is 33.1 Å². The Bertz CT molecular complexity index is 433. The van der Waals surface area contributed by atoms with Crippen LogP contribution in [-0.4, -0.2) is 60.4 Å². The van der Waals surface area contributed by atoms with Crippen molar-refractivity contribution in [1.82, 2.24) is 9.80 Å². The van der Waals surface area contributed by atoms with Crippen molar-refractivity contribution in [1.29, 1.82) is 0 Å². The van der Waals surface area contributed by atoms with E-state index in [9.17, 15) is 14.4 Å². The third kappa shape index (κ3) is 2.64. The zero-order chi connectivity index (χ0) is 14.9. The molecule has 0 aromatic carbocycles. The van der Waals surface area contributed by atoms with E-state index in [4.69, 9.17) is 4.74 Å². The topological polar surface area (TPSA) is 66.9 Å². The number of hydrogen-bond donors (Lipinski definition) is 0. The highest BCUT2D eigenvalue weighted by molar-refractivity contribution is 5.95. The predicted molar refractivity (Wildman–Crippen MR) is 71.7 cm³/mol. The van der Waals surface area contributed by atoms with Crippen LogP contribution in [0.3, 0.4) is 0 Å². The van der Waals surface area contributed by atoms with Gasteiger partial charge < -0.3 is 14.5 Å². The first kappa shape index (κ1) is 14.8. The molecular weight excluding hydrogens is 260 g/mol. The van der Waals surface area contributed by atoms with Crippen LogP contribution >= 0.6 is 0 Å². The summed E-state index contributed by atoms with van der Waals surface area (Å²) in [6, 6.07) is -0.335. The van der Waals surface area contributed by atoms with E-state index in [1.54, 1.807) is 18.7 Å². The van der Waals surface area contributed by atoms with Crippen LogP contribution in [-0.2, 0) is 19.1 Å². The molecule has 2 aliphatic rings. The van der Waals surface area contributed by atoms with Crippen LogP contribution < -0.4 is 0 Å². The summed E-state index contributed by atoms with van der Waals surface area (Å²) in [7, 11) is 1.33. The Hall–Kier alpha value is -1.59. The van der Waals surface area contributed by atoms with Gasteiger partial charge in [0.05, 0.1) is 19.1 Å². The number of hydrogen-bond acceptors (Lipinski definition) is 4. The molecule has 20 heavy (non-hydrogen) atoms. The molecule has 2 heterocycles. The zero-order valence-electron chi connectivity index (χ0n) is 12.3. The van der Waals surface area contributed by atoms with Gasteiger partial charge in [-0.25, -0.2) is 0 Å². The molecule has 0 radical (unpaired) electrons. The van der Waals surface area contributed by atoms with Gasteiger partial charge in [0.15, 0.2) is 0 Å². The molecule has 112 valence electrons. The van der Waals surface area contributed by atoms with Crippen LogP contribution in [0.2, 0.25) is 0 Å². The van der Waals surface area contributed by atoms with Crippen LogP contribution in [0.15, 0.2) is 0 Å². The third-order valence-corrected chi connectivity index (χ3v) is 4.07. The maximum absolute atomic E-state index is 12.5. The number of piperazine rings is 1. The van der Waals surface area contributed by atoms with Crippen molar-refractivity contribution >= 4 is 17.8 Å². The van der Waals surface area contributed by atoms with Gasteiger partial charge in [0, 0.05) is 13.1 Å². The molecule has 0 bridgehead atoms. The highest BCUT2D eigenvalue weighted by Crippen LogP contribution is 2.26. The van der Waals surface area contributed by atoms with Gasteiger partial charge in [0.2, 0.25) is 11.8 Å². The molecule has 0 spiro atoms. The second kappa shape index (κ2) is 5.42. The number of rotatable bonds is 3. The Kier molecular flexibility index (Phi) is 4.01. The van der Waals surface area contributed by atoms with E-state index in [1.807, 2.05) is 0 Å². The first-order chi connectivity index (χ1) is 9.36. The Labute approximate surface area is 119 Å². The van der Waals surface area contributed by atoms with Crippen molar-refractivity contribution in [2.75, 3.05) is 26.7 Å². The molecule has 0 aliphatic carbocycles. The van der Waals surface area contributed by atoms with Gasteiger partial charge in [-0.2, -0.15) is 0 Å². The lowest BCUT2D eigenvalue weighted by molar-refractivity contribution is -0.162. The normalized spacial score (nSPS) is 23.6. The first-order valence-corrected chi connectivity index (χ1v) is 7.03. The van der Waals surface area contributed by atoms with E-state index in [1.165, 1.54) is 12.0 Å². The van der Waals surface area contributed by atoms with E-state index in [0.29, 0.717) is 6.54 Å². The van der Waals surface area contributed by atoms with E-state index in [0.717, 1.165) is 19.3 Å². The Morgan fingerprint density at radius 3 is 2.70 bits per heavy atom. The van der Waals surface area contributed by atoms with Crippen LogP contribution in [0.25, 0.3) is 0 Å². The predicted octanol–water partition coefficient (Wildman–Crippen LogP) is 0.409. The minimum Gasteiger partial charge on any atom is -0.469 e. The van der Waals surface area contributed by atoms with Crippen LogP contribution in [0.4, 0.5) is 0 Å². The number of carbonyl (C=O) groups is 3. The van der Waals surface area contributed by atoms with Gasteiger partial charge in [-0.15, -0.1) is 0 Å². The maximum Gasteiger partial charge on any atom is 0.313 e. The summed E-state index contributed by atoms with van der Waals surface area (Å²) in [5.74, 6) is -0.430. The van der Waals surface area contributed by atoms with Crippen molar-refractivity contribution < 1.29 is 19.1 Å². The summed E-state index contributed by atoms with van der Waals surface area (Å²) in [4.78, 5) is 39.5. The number of carbonyl (C=O) groups excluding carboxylic acids is 3. The van der Waals surface area contributed by atoms with Crippen molar-refractivity contribution in [2.24, 2.45) is 5.41 Å². The van der Waals surface area contributed by atoms with Crippen molar-refractivity contribution in [3.05, 3.63) is 0 Å². The molecule has 2 amide bonds. The molecule has 1 unspecified atom stereocenters. The average molecular weight is 282 g/mol. The average Bonchev–Trinajstić information content (AvgIpc) is 2.43. The molecule has 0 aromatic heterocycles. The minimum atomic E-state index is -0.804. The quantitative estimate of drug-likeness (QED) is 0.703. The molecule has 6 nitrogen and oxygen atoms in total. The first-order valence-electron chi connectivity index (χ1n) is 7.03. The van der Waals surface area contributed by atoms with Crippen molar-refractivity contribution in [3.63, 3.8) is 0 Å². The Morgan fingerprint density at radius 1 is 1.35 bits per heavy atom. The van der Waals surface area contributed by atoms with Gasteiger partial charge in [-0.1, -0.05) is 0 Å². The summed E-state index contributed by atoms with van der Waals surface area (Å²) >= 11 is 0. The molecular formula is C14H22N2O4. The van der Waals surface area contributed by atoms with Crippen molar-refractivity contribution in [2.45, 2.75) is 39.2 Å². The molecule has 2 aliphatic heterocycles. The highest BCUT2D eigenvalue weighted by Gasteiger charge is 2.43. The van der Waals surface area contributed by atoms with Gasteiger partial charge in [0.1, 0.15) is 6.04 Å². The Balaban J connectivity index is 2.11. The molecule has 0 N–H and O–H groups in total. The molecule has 2 rings (SSSR count). The van der Waals surface area contributed by atoms with Crippen molar-refractivity contribution in [3.8, 4) is 0 Å². The number of nitrogens with zero attached hydrogens (tertiary/aromatic N) is 2. The number of fused-ring (bicyclic) bond motifs is 1. The van der Waals surface area contributed by atoms with E-state index in [2.05, 4.69) is 0 Å². The SMILES string of the molecule is COC(=O)C(C)(C)CN1CC(=O)N2CCCCC2C1=O. The fraction of sp³-hybridized carbons (Fsp3) is 0.786. The van der Waals surface area contributed by atoms with E-state index in [-0.39, 0.29) is 36.9 Å². The smallest absolute Gasteiger partial charge is 0.313 e. The number of ether oxygens (including phenoxy) is 1. The molecule has 2 fully saturated rings. The van der Waals surface area contributed by atoms with E-state index < -0.39 is 5.41 Å². The fourth-order valence-corrected chi connectivity index (χ4v) is 2.98. The van der Waals surface area contributed by atoms with Crippen LogP contribution in [0.5, 0.6) is 0 Å². The summed E-state index contributed by atoms with van der Waals surface area (Å²) in [6.45, 7) is 4.40. The second-order valence-electron chi connectivity index (χ2n) is 6.17. The molecule has 6 heteroatoms. The van der Waals surface area contributed by atoms with Crippen LogP contribution in [0, 0.1) is 5.41 Å². The number of esters is 1. The summed E-state index contributed by atoms with van der Waals surface area (Å²) in [5, 5.41) is 0. The lowest BCUT2D eigenvalue weighted by Gasteiger charge is -2.44. The zero-order valence-corrected chi connectivity index (χ0v) is 12.3. The standard InChI is InChI=1S/C14H22N2O4/c1-14(2,13(19)20-3)9-15-8-11(17)16-7-5-4-6-10(16)12(15)18/h10H,4-9H2,1-3H3. The minimum absolute atomic E-state index is 0.0186. The van der Waals surface area contributed by atoms with E-state index >= 15 is 0 Å². The third-order valence-electron chi connectivity index (χ3n) is 4.07. The lowest BCUT2D eigenvalue weighted by Crippen LogP contribution is -2.62. The number of piperidine rings is 1. The Morgan fingerprint density at radius 2 is 2.05 bits per heavy atom.